The van der Waals surface area contributed by atoms with Gasteiger partial charge in [-0.3, -0.25) is 9.59 Å². The van der Waals surface area contributed by atoms with E-state index in [-0.39, 0.29) is 16.9 Å². The molecule has 1 heterocycles. The van der Waals surface area contributed by atoms with E-state index in [2.05, 4.69) is 4.98 Å². The number of fused-ring (bicyclic) bond motifs is 1. The van der Waals surface area contributed by atoms with Gasteiger partial charge in [-0.2, -0.15) is 0 Å². The Morgan fingerprint density at radius 2 is 2.00 bits per heavy atom. The molecule has 15 heavy (non-hydrogen) atoms. The predicted molar refractivity (Wildman–Crippen MR) is 59.3 cm³/mol. The van der Waals surface area contributed by atoms with Crippen molar-refractivity contribution >= 4 is 16.7 Å². The lowest BCUT2D eigenvalue weighted by atomic mass is 10.1. The highest BCUT2D eigenvalue weighted by molar-refractivity contribution is 5.97. The summed E-state index contributed by atoms with van der Waals surface area (Å²) < 4.78 is 0. The molecule has 0 unspecified atom stereocenters. The molecule has 3 heteroatoms. The summed E-state index contributed by atoms with van der Waals surface area (Å²) in [5.74, 6) is -0.210. The number of aromatic amines is 1. The maximum absolute atomic E-state index is 11.5. The van der Waals surface area contributed by atoms with Crippen LogP contribution in [0.15, 0.2) is 29.1 Å². The summed E-state index contributed by atoms with van der Waals surface area (Å²) in [5, 5.41) is 0.880. The van der Waals surface area contributed by atoms with Gasteiger partial charge in [0.15, 0.2) is 5.78 Å². The van der Waals surface area contributed by atoms with Crippen LogP contribution in [0.25, 0.3) is 10.9 Å². The van der Waals surface area contributed by atoms with Crippen molar-refractivity contribution in [1.82, 2.24) is 4.98 Å². The molecule has 0 aliphatic rings. The Balaban J connectivity index is 2.82. The van der Waals surface area contributed by atoms with Crippen LogP contribution in [-0.2, 0) is 0 Å². The van der Waals surface area contributed by atoms with E-state index in [1.54, 1.807) is 6.07 Å². The number of H-pyrrole nitrogens is 1. The molecule has 3 nitrogen and oxygen atoms in total. The van der Waals surface area contributed by atoms with Gasteiger partial charge >= 0.3 is 0 Å². The van der Waals surface area contributed by atoms with E-state index in [0.29, 0.717) is 0 Å². The van der Waals surface area contributed by atoms with Crippen LogP contribution in [0.2, 0.25) is 0 Å². The Kier molecular flexibility index (Phi) is 2.15. The number of benzene rings is 1. The minimum absolute atomic E-state index is 0.210. The Hall–Kier alpha value is -1.90. The van der Waals surface area contributed by atoms with E-state index in [1.165, 1.54) is 6.92 Å². The van der Waals surface area contributed by atoms with E-state index in [9.17, 15) is 9.59 Å². The van der Waals surface area contributed by atoms with Gasteiger partial charge in [0.25, 0.3) is 5.56 Å². The average Bonchev–Trinajstić information content (AvgIpc) is 2.15. The van der Waals surface area contributed by atoms with E-state index in [1.807, 2.05) is 25.1 Å². The number of hydrogen-bond acceptors (Lipinski definition) is 2. The largest absolute Gasteiger partial charge is 0.321 e. The van der Waals surface area contributed by atoms with Crippen molar-refractivity contribution in [1.29, 1.82) is 0 Å². The summed E-state index contributed by atoms with van der Waals surface area (Å²) in [6.07, 6.45) is 0. The second-order valence-corrected chi connectivity index (χ2v) is 3.66. The summed E-state index contributed by atoms with van der Waals surface area (Å²) >= 11 is 0. The lowest BCUT2D eigenvalue weighted by Crippen LogP contribution is -2.15. The van der Waals surface area contributed by atoms with Gasteiger partial charge in [-0.15, -0.1) is 0 Å². The minimum Gasteiger partial charge on any atom is -0.321 e. The standard InChI is InChI=1S/C12H11NO2/c1-7-3-4-9-6-10(8(2)14)12(15)13-11(9)5-7/h3-6H,1-2H3,(H,13,15). The lowest BCUT2D eigenvalue weighted by molar-refractivity contribution is 0.101. The number of ketones is 1. The maximum Gasteiger partial charge on any atom is 0.259 e. The van der Waals surface area contributed by atoms with Gasteiger partial charge in [0.2, 0.25) is 0 Å². The summed E-state index contributed by atoms with van der Waals surface area (Å²) in [6.45, 7) is 3.35. The number of aryl methyl sites for hydroxylation is 1. The monoisotopic (exact) mass is 201 g/mol. The van der Waals surface area contributed by atoms with Crippen LogP contribution in [0.5, 0.6) is 0 Å². The number of carbonyl (C=O) groups is 1. The summed E-state index contributed by atoms with van der Waals surface area (Å²) in [7, 11) is 0. The molecule has 1 N–H and O–H groups in total. The van der Waals surface area contributed by atoms with Crippen molar-refractivity contribution in [2.75, 3.05) is 0 Å². The lowest BCUT2D eigenvalue weighted by Gasteiger charge is -2.01. The molecule has 0 saturated carbocycles. The third-order valence-corrected chi connectivity index (χ3v) is 2.38. The summed E-state index contributed by atoms with van der Waals surface area (Å²) in [4.78, 5) is 25.4. The number of aromatic nitrogens is 1. The molecule has 0 aliphatic heterocycles. The normalized spacial score (nSPS) is 10.5. The fourth-order valence-electron chi connectivity index (χ4n) is 1.58. The first kappa shape index (κ1) is 9.65. The number of pyridine rings is 1. The Morgan fingerprint density at radius 1 is 1.27 bits per heavy atom. The molecule has 0 radical (unpaired) electrons. The Bertz CT molecular complexity index is 596. The molecule has 76 valence electrons. The molecule has 0 fully saturated rings. The van der Waals surface area contributed by atoms with Gasteiger partial charge in [0.05, 0.1) is 5.56 Å². The molecule has 0 aliphatic carbocycles. The van der Waals surface area contributed by atoms with Crippen molar-refractivity contribution in [3.63, 3.8) is 0 Å². The second kappa shape index (κ2) is 3.35. The van der Waals surface area contributed by atoms with E-state index < -0.39 is 0 Å². The maximum atomic E-state index is 11.5. The molecule has 0 saturated heterocycles. The number of carbonyl (C=O) groups excluding carboxylic acids is 1. The zero-order chi connectivity index (χ0) is 11.0. The first-order valence-corrected chi connectivity index (χ1v) is 4.72. The molecular weight excluding hydrogens is 190 g/mol. The van der Waals surface area contributed by atoms with Crippen LogP contribution >= 0.6 is 0 Å². The van der Waals surface area contributed by atoms with Crippen LogP contribution in [0.3, 0.4) is 0 Å². The van der Waals surface area contributed by atoms with Gasteiger partial charge in [0.1, 0.15) is 0 Å². The van der Waals surface area contributed by atoms with Crippen LogP contribution in [0.4, 0.5) is 0 Å². The van der Waals surface area contributed by atoms with Gasteiger partial charge in [-0.05, 0) is 36.9 Å². The number of Topliss-reactive ketones (excluding diaryl/α,β-unsaturated/α-hetero) is 1. The van der Waals surface area contributed by atoms with Crippen molar-refractivity contribution in [2.24, 2.45) is 0 Å². The van der Waals surface area contributed by atoms with Crippen LogP contribution in [-0.4, -0.2) is 10.8 Å². The third kappa shape index (κ3) is 1.68. The average molecular weight is 201 g/mol. The van der Waals surface area contributed by atoms with Gasteiger partial charge in [0, 0.05) is 5.52 Å². The van der Waals surface area contributed by atoms with Gasteiger partial charge < -0.3 is 4.98 Å². The van der Waals surface area contributed by atoms with Crippen LogP contribution in [0, 0.1) is 6.92 Å². The summed E-state index contributed by atoms with van der Waals surface area (Å²) in [6, 6.07) is 7.37. The zero-order valence-electron chi connectivity index (χ0n) is 8.63. The number of rotatable bonds is 1. The van der Waals surface area contributed by atoms with Crippen molar-refractivity contribution in [3.05, 3.63) is 45.7 Å². The highest BCUT2D eigenvalue weighted by Crippen LogP contribution is 2.12. The third-order valence-electron chi connectivity index (χ3n) is 2.38. The van der Waals surface area contributed by atoms with Gasteiger partial charge in [-0.1, -0.05) is 12.1 Å². The topological polar surface area (TPSA) is 49.9 Å². The Morgan fingerprint density at radius 3 is 2.67 bits per heavy atom. The molecule has 2 aromatic rings. The number of nitrogens with one attached hydrogen (secondary N) is 1. The van der Waals surface area contributed by atoms with Crippen LogP contribution in [0.1, 0.15) is 22.8 Å². The fraction of sp³-hybridized carbons (Fsp3) is 0.167. The van der Waals surface area contributed by atoms with Crippen LogP contribution < -0.4 is 5.56 Å². The fourth-order valence-corrected chi connectivity index (χ4v) is 1.58. The van der Waals surface area contributed by atoms with Crippen molar-refractivity contribution in [2.45, 2.75) is 13.8 Å². The molecule has 0 bridgehead atoms. The highest BCUT2D eigenvalue weighted by Gasteiger charge is 2.06. The molecule has 1 aromatic carbocycles. The molecule has 0 amide bonds. The van der Waals surface area contributed by atoms with Crippen molar-refractivity contribution < 1.29 is 4.79 Å². The molecule has 2 rings (SSSR count). The minimum atomic E-state index is -0.319. The van der Waals surface area contributed by atoms with E-state index in [0.717, 1.165) is 16.5 Å². The van der Waals surface area contributed by atoms with E-state index >= 15 is 0 Å². The quantitative estimate of drug-likeness (QED) is 0.718. The Labute approximate surface area is 86.8 Å². The first-order chi connectivity index (χ1) is 7.08. The molecule has 1 aromatic heterocycles. The zero-order valence-corrected chi connectivity index (χ0v) is 8.63. The second-order valence-electron chi connectivity index (χ2n) is 3.66. The highest BCUT2D eigenvalue weighted by atomic mass is 16.1. The molecule has 0 atom stereocenters. The smallest absolute Gasteiger partial charge is 0.259 e. The molecule has 0 spiro atoms. The molecular formula is C12H11NO2. The SMILES string of the molecule is CC(=O)c1cc2ccc(C)cc2[nH]c1=O. The first-order valence-electron chi connectivity index (χ1n) is 4.72. The predicted octanol–water partition coefficient (Wildman–Crippen LogP) is 2.04. The van der Waals surface area contributed by atoms with Gasteiger partial charge in [-0.25, -0.2) is 0 Å². The van der Waals surface area contributed by atoms with Crippen molar-refractivity contribution in [3.8, 4) is 0 Å². The summed E-state index contributed by atoms with van der Waals surface area (Å²) in [5.41, 5.74) is 1.74. The number of hydrogen-bond donors (Lipinski definition) is 1. The van der Waals surface area contributed by atoms with E-state index in [4.69, 9.17) is 0 Å².